The Bertz CT molecular complexity index is 307. The molecular formula is C13H25N3OS. The van der Waals surface area contributed by atoms with Crippen LogP contribution in [0, 0.1) is 17.8 Å². The highest BCUT2D eigenvalue weighted by atomic mass is 32.1. The highest BCUT2D eigenvalue weighted by Gasteiger charge is 2.26. The molecule has 0 aromatic rings. The van der Waals surface area contributed by atoms with E-state index < -0.39 is 0 Å². The van der Waals surface area contributed by atoms with Crippen LogP contribution in [0.2, 0.25) is 0 Å². The fraction of sp³-hybridized carbons (Fsp3) is 0.846. The summed E-state index contributed by atoms with van der Waals surface area (Å²) in [7, 11) is 2.12. The maximum atomic E-state index is 12.1. The first-order valence-corrected chi connectivity index (χ1v) is 7.08. The molecule has 0 saturated carbocycles. The predicted octanol–water partition coefficient (Wildman–Crippen LogP) is 1.00. The highest BCUT2D eigenvalue weighted by molar-refractivity contribution is 7.80. The first kappa shape index (κ1) is 15.4. The first-order chi connectivity index (χ1) is 8.41. The average Bonchev–Trinajstić information content (AvgIpc) is 2.25. The van der Waals surface area contributed by atoms with Gasteiger partial charge in [0.05, 0.1) is 10.9 Å². The van der Waals surface area contributed by atoms with Gasteiger partial charge in [0, 0.05) is 13.1 Å². The number of nitrogens with two attached hydrogens (primary N) is 1. The van der Waals surface area contributed by atoms with Gasteiger partial charge in [0.1, 0.15) is 0 Å². The van der Waals surface area contributed by atoms with Crippen molar-refractivity contribution < 1.29 is 4.79 Å². The van der Waals surface area contributed by atoms with E-state index in [-0.39, 0.29) is 17.7 Å². The molecule has 0 aliphatic carbocycles. The quantitative estimate of drug-likeness (QED) is 0.733. The molecule has 18 heavy (non-hydrogen) atoms. The molecule has 1 fully saturated rings. The Kier molecular flexibility index (Phi) is 6.02. The fourth-order valence-corrected chi connectivity index (χ4v) is 2.93. The summed E-state index contributed by atoms with van der Waals surface area (Å²) >= 11 is 4.97. The van der Waals surface area contributed by atoms with E-state index in [9.17, 15) is 4.79 Å². The molecule has 1 aliphatic rings. The number of carbonyl (C=O) groups excluding carboxylic acids is 1. The van der Waals surface area contributed by atoms with Crippen LogP contribution in [-0.4, -0.2) is 42.5 Å². The lowest BCUT2D eigenvalue weighted by Crippen LogP contribution is -2.44. The molecule has 5 heteroatoms. The van der Waals surface area contributed by atoms with Gasteiger partial charge in [-0.15, -0.1) is 0 Å². The summed E-state index contributed by atoms with van der Waals surface area (Å²) in [4.78, 5) is 14.7. The fourth-order valence-electron chi connectivity index (χ4n) is 2.56. The molecule has 1 amide bonds. The van der Waals surface area contributed by atoms with E-state index in [1.165, 1.54) is 12.8 Å². The van der Waals surface area contributed by atoms with Crippen molar-refractivity contribution in [2.45, 2.75) is 26.7 Å². The topological polar surface area (TPSA) is 58.4 Å². The molecule has 0 bridgehead atoms. The summed E-state index contributed by atoms with van der Waals surface area (Å²) in [5.41, 5.74) is 5.63. The summed E-state index contributed by atoms with van der Waals surface area (Å²) in [6.45, 7) is 6.89. The van der Waals surface area contributed by atoms with Crippen molar-refractivity contribution in [3.05, 3.63) is 0 Å². The zero-order valence-electron chi connectivity index (χ0n) is 11.6. The van der Waals surface area contributed by atoms with Gasteiger partial charge in [-0.2, -0.15) is 0 Å². The van der Waals surface area contributed by atoms with Gasteiger partial charge in [0.25, 0.3) is 0 Å². The molecule has 104 valence electrons. The van der Waals surface area contributed by atoms with Gasteiger partial charge in [0.2, 0.25) is 5.91 Å². The molecule has 2 unspecified atom stereocenters. The molecule has 3 N–H and O–H groups in total. The highest BCUT2D eigenvalue weighted by Crippen LogP contribution is 2.15. The summed E-state index contributed by atoms with van der Waals surface area (Å²) in [6, 6.07) is 0. The number of nitrogens with zero attached hydrogens (tertiary/aromatic N) is 1. The molecule has 0 spiro atoms. The second kappa shape index (κ2) is 7.04. The van der Waals surface area contributed by atoms with Gasteiger partial charge in [-0.05, 0) is 38.3 Å². The number of nitrogens with one attached hydrogen (secondary N) is 1. The third-order valence-electron chi connectivity index (χ3n) is 3.54. The van der Waals surface area contributed by atoms with Crippen molar-refractivity contribution in [2.75, 3.05) is 26.7 Å². The molecule has 1 aliphatic heterocycles. The molecular weight excluding hydrogens is 246 g/mol. The van der Waals surface area contributed by atoms with E-state index in [2.05, 4.69) is 17.3 Å². The number of amides is 1. The molecule has 1 heterocycles. The maximum Gasteiger partial charge on any atom is 0.230 e. The second-order valence-corrected chi connectivity index (χ2v) is 6.11. The van der Waals surface area contributed by atoms with Gasteiger partial charge in [-0.3, -0.25) is 4.79 Å². The number of rotatable bonds is 5. The number of hydrogen-bond donors (Lipinski definition) is 2. The normalized spacial score (nSPS) is 22.8. The van der Waals surface area contributed by atoms with Crippen molar-refractivity contribution in [2.24, 2.45) is 23.5 Å². The van der Waals surface area contributed by atoms with Crippen LogP contribution < -0.4 is 11.1 Å². The maximum absolute atomic E-state index is 12.1. The number of piperidine rings is 1. The summed E-state index contributed by atoms with van der Waals surface area (Å²) in [5.74, 6) is 0.329. The monoisotopic (exact) mass is 271 g/mol. The zero-order valence-corrected chi connectivity index (χ0v) is 12.4. The minimum atomic E-state index is -0.346. The molecule has 0 aromatic heterocycles. The van der Waals surface area contributed by atoms with Crippen molar-refractivity contribution >= 4 is 23.1 Å². The molecule has 0 aromatic carbocycles. The lowest BCUT2D eigenvalue weighted by Gasteiger charge is -2.30. The van der Waals surface area contributed by atoms with Gasteiger partial charge in [-0.25, -0.2) is 0 Å². The Morgan fingerprint density at radius 2 is 2.22 bits per heavy atom. The van der Waals surface area contributed by atoms with Crippen LogP contribution in [0.15, 0.2) is 0 Å². The largest absolute Gasteiger partial charge is 0.393 e. The second-order valence-electron chi connectivity index (χ2n) is 5.64. The van der Waals surface area contributed by atoms with Crippen LogP contribution in [0.3, 0.4) is 0 Å². The molecule has 0 radical (unpaired) electrons. The first-order valence-electron chi connectivity index (χ1n) is 6.67. The van der Waals surface area contributed by atoms with Crippen LogP contribution in [0.1, 0.15) is 26.7 Å². The van der Waals surface area contributed by atoms with Gasteiger partial charge in [0.15, 0.2) is 0 Å². The lowest BCUT2D eigenvalue weighted by atomic mass is 9.94. The SMILES string of the molecule is CC(C)C(C(=O)NCC1CCCN(C)C1)C(N)=S. The third kappa shape index (κ3) is 4.53. The van der Waals surface area contributed by atoms with Crippen LogP contribution >= 0.6 is 12.2 Å². The number of thiocarbonyl (C=S) groups is 1. The van der Waals surface area contributed by atoms with Gasteiger partial charge < -0.3 is 16.0 Å². The lowest BCUT2D eigenvalue weighted by molar-refractivity contribution is -0.124. The Labute approximate surface area is 115 Å². The standard InChI is InChI=1S/C13H25N3OS/c1-9(2)11(12(14)18)13(17)15-7-10-5-4-6-16(3)8-10/h9-11H,4-8H2,1-3H3,(H2,14,18)(H,15,17). The zero-order chi connectivity index (χ0) is 13.7. The van der Waals surface area contributed by atoms with Crippen molar-refractivity contribution in [3.63, 3.8) is 0 Å². The van der Waals surface area contributed by atoms with Gasteiger partial charge in [-0.1, -0.05) is 26.1 Å². The van der Waals surface area contributed by atoms with E-state index in [1.807, 2.05) is 13.8 Å². The smallest absolute Gasteiger partial charge is 0.230 e. The van der Waals surface area contributed by atoms with E-state index in [1.54, 1.807) is 0 Å². The Hall–Kier alpha value is -0.680. The molecule has 1 saturated heterocycles. The summed E-state index contributed by atoms with van der Waals surface area (Å²) < 4.78 is 0. The van der Waals surface area contributed by atoms with Gasteiger partial charge >= 0.3 is 0 Å². The van der Waals surface area contributed by atoms with Crippen LogP contribution in [0.4, 0.5) is 0 Å². The van der Waals surface area contributed by atoms with Crippen molar-refractivity contribution in [3.8, 4) is 0 Å². The van der Waals surface area contributed by atoms with E-state index in [0.717, 1.165) is 19.6 Å². The van der Waals surface area contributed by atoms with Crippen molar-refractivity contribution in [1.29, 1.82) is 0 Å². The Morgan fingerprint density at radius 1 is 1.56 bits per heavy atom. The van der Waals surface area contributed by atoms with Crippen LogP contribution in [0.5, 0.6) is 0 Å². The summed E-state index contributed by atoms with van der Waals surface area (Å²) in [5, 5.41) is 3.00. The van der Waals surface area contributed by atoms with Crippen molar-refractivity contribution in [1.82, 2.24) is 10.2 Å². The minimum Gasteiger partial charge on any atom is -0.393 e. The molecule has 2 atom stereocenters. The van der Waals surface area contributed by atoms with Crippen LogP contribution in [0.25, 0.3) is 0 Å². The Balaban J connectivity index is 2.42. The predicted molar refractivity (Wildman–Crippen MR) is 78.3 cm³/mol. The summed E-state index contributed by atoms with van der Waals surface area (Å²) in [6.07, 6.45) is 2.39. The number of hydrogen-bond acceptors (Lipinski definition) is 3. The van der Waals surface area contributed by atoms with E-state index in [0.29, 0.717) is 10.9 Å². The number of carbonyl (C=O) groups is 1. The molecule has 1 rings (SSSR count). The number of likely N-dealkylation sites (tertiary alicyclic amines) is 1. The third-order valence-corrected chi connectivity index (χ3v) is 3.80. The van der Waals surface area contributed by atoms with Crippen LogP contribution in [-0.2, 0) is 4.79 Å². The minimum absolute atomic E-state index is 0.0225. The molecule has 4 nitrogen and oxygen atoms in total. The van der Waals surface area contributed by atoms with E-state index in [4.69, 9.17) is 18.0 Å². The Morgan fingerprint density at radius 3 is 2.72 bits per heavy atom. The average molecular weight is 271 g/mol. The van der Waals surface area contributed by atoms with E-state index >= 15 is 0 Å².